The standard InChI is InChI=1S/C25H25ClFN3O3S/c1-34(32,33)30(18-20-6-2-3-7-22(20)26)21-12-10-19(11-13-21)25(31)29-16-14-28(15-17-29)24-9-5-4-8-23(24)27/h2-13H,14-18H2,1H3. The van der Waals surface area contributed by atoms with E-state index in [4.69, 9.17) is 11.6 Å². The number of benzene rings is 3. The van der Waals surface area contributed by atoms with Gasteiger partial charge in [-0.05, 0) is 48.0 Å². The Labute approximate surface area is 204 Å². The highest BCUT2D eigenvalue weighted by Gasteiger charge is 2.24. The van der Waals surface area contributed by atoms with E-state index in [0.29, 0.717) is 53.7 Å². The molecule has 4 rings (SSSR count). The summed E-state index contributed by atoms with van der Waals surface area (Å²) in [5, 5.41) is 0.484. The fraction of sp³-hybridized carbons (Fsp3) is 0.240. The number of anilines is 2. The molecule has 1 heterocycles. The van der Waals surface area contributed by atoms with Crippen LogP contribution in [0.3, 0.4) is 0 Å². The normalized spacial score (nSPS) is 14.2. The predicted molar refractivity (Wildman–Crippen MR) is 133 cm³/mol. The first kappa shape index (κ1) is 24.0. The first-order valence-corrected chi connectivity index (χ1v) is 13.1. The second-order valence-electron chi connectivity index (χ2n) is 8.14. The Morgan fingerprint density at radius 3 is 2.18 bits per heavy atom. The molecule has 1 aliphatic rings. The molecular weight excluding hydrogens is 477 g/mol. The molecule has 34 heavy (non-hydrogen) atoms. The van der Waals surface area contributed by atoms with Gasteiger partial charge in [-0.2, -0.15) is 0 Å². The van der Waals surface area contributed by atoms with Crippen LogP contribution in [-0.2, 0) is 16.6 Å². The molecule has 0 N–H and O–H groups in total. The number of carbonyl (C=O) groups is 1. The van der Waals surface area contributed by atoms with E-state index in [0.717, 1.165) is 6.26 Å². The number of carbonyl (C=O) groups excluding carboxylic acids is 1. The molecule has 1 aliphatic heterocycles. The first-order valence-electron chi connectivity index (χ1n) is 10.8. The van der Waals surface area contributed by atoms with Crippen LogP contribution in [0.2, 0.25) is 5.02 Å². The summed E-state index contributed by atoms with van der Waals surface area (Å²) in [7, 11) is -3.58. The van der Waals surface area contributed by atoms with E-state index in [1.54, 1.807) is 71.6 Å². The lowest BCUT2D eigenvalue weighted by molar-refractivity contribution is 0.0746. The third-order valence-electron chi connectivity index (χ3n) is 5.83. The maximum absolute atomic E-state index is 14.1. The van der Waals surface area contributed by atoms with Crippen molar-refractivity contribution in [2.75, 3.05) is 41.6 Å². The van der Waals surface area contributed by atoms with Crippen molar-refractivity contribution in [2.45, 2.75) is 6.54 Å². The number of para-hydroxylation sites is 1. The van der Waals surface area contributed by atoms with Crippen molar-refractivity contribution in [1.29, 1.82) is 0 Å². The molecule has 1 amide bonds. The highest BCUT2D eigenvalue weighted by atomic mass is 35.5. The molecular formula is C25H25ClFN3O3S. The van der Waals surface area contributed by atoms with Gasteiger partial charge in [0.25, 0.3) is 5.91 Å². The van der Waals surface area contributed by atoms with Crippen molar-refractivity contribution in [3.8, 4) is 0 Å². The van der Waals surface area contributed by atoms with Crippen LogP contribution in [0.25, 0.3) is 0 Å². The van der Waals surface area contributed by atoms with Crippen molar-refractivity contribution < 1.29 is 17.6 Å². The van der Waals surface area contributed by atoms with Gasteiger partial charge >= 0.3 is 0 Å². The van der Waals surface area contributed by atoms with Gasteiger partial charge in [-0.1, -0.05) is 41.9 Å². The Bertz CT molecular complexity index is 1280. The number of nitrogens with zero attached hydrogens (tertiary/aromatic N) is 3. The molecule has 0 atom stereocenters. The number of hydrogen-bond donors (Lipinski definition) is 0. The molecule has 9 heteroatoms. The smallest absolute Gasteiger partial charge is 0.253 e. The second kappa shape index (κ2) is 10.0. The van der Waals surface area contributed by atoms with Gasteiger partial charge in [0.2, 0.25) is 10.0 Å². The lowest BCUT2D eigenvalue weighted by Crippen LogP contribution is -2.49. The van der Waals surface area contributed by atoms with Gasteiger partial charge < -0.3 is 9.80 Å². The third-order valence-corrected chi connectivity index (χ3v) is 7.34. The highest BCUT2D eigenvalue weighted by Crippen LogP contribution is 2.25. The van der Waals surface area contributed by atoms with E-state index in [-0.39, 0.29) is 18.3 Å². The molecule has 178 valence electrons. The zero-order chi connectivity index (χ0) is 24.3. The summed E-state index contributed by atoms with van der Waals surface area (Å²) in [6.07, 6.45) is 1.14. The fourth-order valence-corrected chi connectivity index (χ4v) is 5.07. The van der Waals surface area contributed by atoms with Gasteiger partial charge in [0.1, 0.15) is 5.82 Å². The number of piperazine rings is 1. The summed E-state index contributed by atoms with van der Waals surface area (Å²) in [5.41, 5.74) is 2.14. The number of halogens is 2. The van der Waals surface area contributed by atoms with Gasteiger partial charge in [-0.3, -0.25) is 9.10 Å². The summed E-state index contributed by atoms with van der Waals surface area (Å²) in [4.78, 5) is 16.7. The topological polar surface area (TPSA) is 60.9 Å². The number of sulfonamides is 1. The Kier molecular flexibility index (Phi) is 7.09. The molecule has 3 aromatic carbocycles. The maximum atomic E-state index is 14.1. The first-order chi connectivity index (χ1) is 16.2. The largest absolute Gasteiger partial charge is 0.366 e. The van der Waals surface area contributed by atoms with Crippen LogP contribution in [0.5, 0.6) is 0 Å². The summed E-state index contributed by atoms with van der Waals surface area (Å²) in [5.74, 6) is -0.415. The van der Waals surface area contributed by atoms with E-state index < -0.39 is 10.0 Å². The zero-order valence-electron chi connectivity index (χ0n) is 18.7. The monoisotopic (exact) mass is 501 g/mol. The van der Waals surface area contributed by atoms with Crippen molar-refractivity contribution in [1.82, 2.24) is 4.90 Å². The minimum Gasteiger partial charge on any atom is -0.366 e. The summed E-state index contributed by atoms with van der Waals surface area (Å²) >= 11 is 6.22. The molecule has 0 unspecified atom stereocenters. The maximum Gasteiger partial charge on any atom is 0.253 e. The zero-order valence-corrected chi connectivity index (χ0v) is 20.3. The number of hydrogen-bond acceptors (Lipinski definition) is 4. The average Bonchev–Trinajstić information content (AvgIpc) is 2.83. The van der Waals surface area contributed by atoms with Crippen LogP contribution in [0, 0.1) is 5.82 Å². The summed E-state index contributed by atoms with van der Waals surface area (Å²) in [6, 6.07) is 20.2. The molecule has 0 bridgehead atoms. The molecule has 1 saturated heterocycles. The summed E-state index contributed by atoms with van der Waals surface area (Å²) < 4.78 is 40.2. The second-order valence-corrected chi connectivity index (χ2v) is 10.5. The number of rotatable bonds is 6. The van der Waals surface area contributed by atoms with Crippen LogP contribution >= 0.6 is 11.6 Å². The lowest BCUT2D eigenvalue weighted by Gasteiger charge is -2.36. The molecule has 0 saturated carbocycles. The van der Waals surface area contributed by atoms with Crippen LogP contribution in [-0.4, -0.2) is 51.7 Å². The van der Waals surface area contributed by atoms with E-state index in [2.05, 4.69) is 0 Å². The Morgan fingerprint density at radius 1 is 0.941 bits per heavy atom. The number of amides is 1. The minimum atomic E-state index is -3.58. The summed E-state index contributed by atoms with van der Waals surface area (Å²) in [6.45, 7) is 2.09. The highest BCUT2D eigenvalue weighted by molar-refractivity contribution is 7.92. The van der Waals surface area contributed by atoms with Gasteiger partial charge in [0.15, 0.2) is 0 Å². The van der Waals surface area contributed by atoms with Crippen LogP contribution in [0.4, 0.5) is 15.8 Å². The average molecular weight is 502 g/mol. The molecule has 1 fully saturated rings. The van der Waals surface area contributed by atoms with E-state index in [1.165, 1.54) is 10.4 Å². The SMILES string of the molecule is CS(=O)(=O)N(Cc1ccccc1Cl)c1ccc(C(=O)N2CCN(c3ccccc3F)CC2)cc1. The van der Waals surface area contributed by atoms with E-state index in [9.17, 15) is 17.6 Å². The van der Waals surface area contributed by atoms with Crippen molar-refractivity contribution in [2.24, 2.45) is 0 Å². The van der Waals surface area contributed by atoms with Crippen LogP contribution in [0.15, 0.2) is 72.8 Å². The fourth-order valence-electron chi connectivity index (χ4n) is 3.99. The van der Waals surface area contributed by atoms with Crippen molar-refractivity contribution in [3.05, 3.63) is 94.8 Å². The van der Waals surface area contributed by atoms with Crippen molar-refractivity contribution in [3.63, 3.8) is 0 Å². The minimum absolute atomic E-state index is 0.0871. The van der Waals surface area contributed by atoms with Gasteiger partial charge in [0.05, 0.1) is 24.2 Å². The van der Waals surface area contributed by atoms with Crippen molar-refractivity contribution >= 4 is 38.9 Å². The molecule has 0 spiro atoms. The van der Waals surface area contributed by atoms with Gasteiger partial charge in [-0.15, -0.1) is 0 Å². The van der Waals surface area contributed by atoms with Gasteiger partial charge in [0, 0.05) is 36.8 Å². The molecule has 0 radical (unpaired) electrons. The lowest BCUT2D eigenvalue weighted by atomic mass is 10.1. The molecule has 0 aliphatic carbocycles. The van der Waals surface area contributed by atoms with E-state index in [1.807, 2.05) is 4.90 Å². The van der Waals surface area contributed by atoms with E-state index >= 15 is 0 Å². The van der Waals surface area contributed by atoms with Gasteiger partial charge in [-0.25, -0.2) is 12.8 Å². The predicted octanol–water partition coefficient (Wildman–Crippen LogP) is 4.41. The molecule has 3 aromatic rings. The molecule has 6 nitrogen and oxygen atoms in total. The quantitative estimate of drug-likeness (QED) is 0.502. The Balaban J connectivity index is 1.45. The Hall–Kier alpha value is -3.10. The Morgan fingerprint density at radius 2 is 1.56 bits per heavy atom. The third kappa shape index (κ3) is 5.34. The van der Waals surface area contributed by atoms with Crippen LogP contribution < -0.4 is 9.21 Å². The van der Waals surface area contributed by atoms with Crippen LogP contribution in [0.1, 0.15) is 15.9 Å². The molecule has 0 aromatic heterocycles.